The van der Waals surface area contributed by atoms with Crippen LogP contribution < -0.4 is 10.6 Å². The average Bonchev–Trinajstić information content (AvgIpc) is 2.83. The Balaban J connectivity index is 1.58. The Morgan fingerprint density at radius 2 is 2.00 bits per heavy atom. The van der Waals surface area contributed by atoms with Gasteiger partial charge in [0.15, 0.2) is 0 Å². The number of hydrogen-bond donors (Lipinski definition) is 4. The number of benzene rings is 2. The number of alkyl halides is 1. The van der Waals surface area contributed by atoms with Crippen molar-refractivity contribution in [1.29, 1.82) is 0 Å². The van der Waals surface area contributed by atoms with E-state index in [1.807, 2.05) is 12.1 Å². The monoisotopic (exact) mass is 468 g/mol. The van der Waals surface area contributed by atoms with Gasteiger partial charge < -0.3 is 15.5 Å². The molecule has 2 aromatic carbocycles. The van der Waals surface area contributed by atoms with Gasteiger partial charge in [0.1, 0.15) is 18.2 Å². The molecule has 34 heavy (non-hydrogen) atoms. The van der Waals surface area contributed by atoms with Crippen LogP contribution in [0.2, 0.25) is 0 Å². The highest BCUT2D eigenvalue weighted by atomic mass is 19.1. The number of aliphatic hydroxyl groups is 2. The molecular formula is C28H34F2N2O2. The predicted octanol–water partition coefficient (Wildman–Crippen LogP) is 4.32. The maximum atomic E-state index is 14.1. The third kappa shape index (κ3) is 5.81. The maximum absolute atomic E-state index is 14.1. The number of allylic oxidation sites excluding steroid dienone is 4. The van der Waals surface area contributed by atoms with Crippen molar-refractivity contribution >= 4 is 0 Å². The first-order chi connectivity index (χ1) is 16.5. The Morgan fingerprint density at radius 3 is 2.76 bits per heavy atom. The zero-order chi connectivity index (χ0) is 24.1. The van der Waals surface area contributed by atoms with Crippen molar-refractivity contribution in [2.45, 2.75) is 44.5 Å². The minimum atomic E-state index is -1.25. The third-order valence-electron chi connectivity index (χ3n) is 6.94. The molecule has 1 aliphatic heterocycles. The number of piperidine rings is 1. The summed E-state index contributed by atoms with van der Waals surface area (Å²) in [5.74, 6) is -0.124. The van der Waals surface area contributed by atoms with Gasteiger partial charge in [-0.15, -0.1) is 0 Å². The van der Waals surface area contributed by atoms with E-state index in [0.29, 0.717) is 6.54 Å². The zero-order valence-electron chi connectivity index (χ0n) is 19.6. The van der Waals surface area contributed by atoms with Gasteiger partial charge in [0, 0.05) is 25.4 Å². The van der Waals surface area contributed by atoms with Crippen molar-refractivity contribution in [3.63, 3.8) is 0 Å². The second-order valence-corrected chi connectivity index (χ2v) is 9.31. The summed E-state index contributed by atoms with van der Waals surface area (Å²) in [7, 11) is 0. The molecule has 0 amide bonds. The number of nitrogens with one attached hydrogen (secondary N) is 2. The summed E-state index contributed by atoms with van der Waals surface area (Å²) < 4.78 is 28.1. The van der Waals surface area contributed by atoms with Gasteiger partial charge >= 0.3 is 0 Å². The van der Waals surface area contributed by atoms with Crippen molar-refractivity contribution < 1.29 is 19.0 Å². The molecule has 1 saturated heterocycles. The molecule has 2 unspecified atom stereocenters. The molecule has 2 aromatic rings. The van der Waals surface area contributed by atoms with Gasteiger partial charge in [-0.1, -0.05) is 42.5 Å². The number of halogens is 2. The molecule has 4 nitrogen and oxygen atoms in total. The number of aryl methyl sites for hydroxylation is 1. The lowest BCUT2D eigenvalue weighted by atomic mass is 9.74. The Morgan fingerprint density at radius 1 is 1.18 bits per heavy atom. The molecule has 0 bridgehead atoms. The first-order valence-electron chi connectivity index (χ1n) is 12.1. The van der Waals surface area contributed by atoms with Crippen molar-refractivity contribution in [3.8, 4) is 11.1 Å². The van der Waals surface area contributed by atoms with Crippen molar-refractivity contribution in [1.82, 2.24) is 10.6 Å². The number of aliphatic hydroxyl groups excluding tert-OH is 2. The van der Waals surface area contributed by atoms with E-state index in [9.17, 15) is 13.9 Å². The zero-order valence-corrected chi connectivity index (χ0v) is 19.6. The van der Waals surface area contributed by atoms with Crippen LogP contribution in [0, 0.1) is 12.8 Å². The van der Waals surface area contributed by atoms with Gasteiger partial charge in [0.25, 0.3) is 0 Å². The summed E-state index contributed by atoms with van der Waals surface area (Å²) in [6.07, 6.45) is 2.41. The number of rotatable bonds is 8. The molecule has 0 spiro atoms. The Bertz CT molecular complexity index is 1050. The molecule has 1 fully saturated rings. The summed E-state index contributed by atoms with van der Waals surface area (Å²) >= 11 is 0. The molecule has 4 N–H and O–H groups in total. The SMILES string of the molecule is Cc1cc(-c2ccccc2CCNC(O)CO)ccc1[C@H]1CNCC[C@@H]1C1=CC(F)CC(F)=C1. The van der Waals surface area contributed by atoms with Gasteiger partial charge in [0.05, 0.1) is 6.61 Å². The maximum Gasteiger partial charge on any atom is 0.128 e. The summed E-state index contributed by atoms with van der Waals surface area (Å²) in [4.78, 5) is 0. The Hall–Kier alpha value is -2.38. The van der Waals surface area contributed by atoms with E-state index in [0.717, 1.165) is 53.8 Å². The molecule has 1 aliphatic carbocycles. The molecule has 0 radical (unpaired) electrons. The Kier molecular flexibility index (Phi) is 8.27. The first kappa shape index (κ1) is 24.7. The van der Waals surface area contributed by atoms with E-state index >= 15 is 0 Å². The molecule has 4 rings (SSSR count). The third-order valence-corrected chi connectivity index (χ3v) is 6.94. The van der Waals surface area contributed by atoms with Crippen molar-refractivity contribution in [3.05, 3.63) is 82.7 Å². The molecule has 182 valence electrons. The fraction of sp³-hybridized carbons (Fsp3) is 0.429. The van der Waals surface area contributed by atoms with Crippen LogP contribution in [0.4, 0.5) is 8.78 Å². The van der Waals surface area contributed by atoms with E-state index in [2.05, 4.69) is 47.9 Å². The fourth-order valence-corrected chi connectivity index (χ4v) is 5.27. The smallest absolute Gasteiger partial charge is 0.128 e. The lowest BCUT2D eigenvalue weighted by Gasteiger charge is -2.35. The molecule has 2 aliphatic rings. The molecule has 1 heterocycles. The van der Waals surface area contributed by atoms with Crippen LogP contribution in [-0.4, -0.2) is 48.9 Å². The standard InChI is InChI=1S/C28H34F2N2O2/c1-18-12-20(25-5-3-2-4-19(25)8-11-32-28(34)17-33)6-7-24(18)27-16-31-10-9-26(27)21-13-22(29)15-23(30)14-21/h2-7,12-14,22,26-28,31-34H,8-11,15-17H2,1H3/t22?,26-,27-,28?/m1/s1. The van der Waals surface area contributed by atoms with E-state index in [1.165, 1.54) is 5.56 Å². The molecule has 0 saturated carbocycles. The quantitative estimate of drug-likeness (QED) is 0.436. The highest BCUT2D eigenvalue weighted by molar-refractivity contribution is 5.69. The van der Waals surface area contributed by atoms with Crippen LogP contribution in [0.1, 0.15) is 35.4 Å². The van der Waals surface area contributed by atoms with Crippen LogP contribution in [0.5, 0.6) is 0 Å². The summed E-state index contributed by atoms with van der Waals surface area (Å²) in [6.45, 7) is 3.97. The first-order valence-corrected chi connectivity index (χ1v) is 12.1. The molecule has 0 aromatic heterocycles. The van der Waals surface area contributed by atoms with Gasteiger partial charge in [0.2, 0.25) is 0 Å². The van der Waals surface area contributed by atoms with Crippen molar-refractivity contribution in [2.75, 3.05) is 26.2 Å². The van der Waals surface area contributed by atoms with Crippen LogP contribution >= 0.6 is 0 Å². The summed E-state index contributed by atoms with van der Waals surface area (Å²) in [6, 6.07) is 14.7. The van der Waals surface area contributed by atoms with Gasteiger partial charge in [-0.3, -0.25) is 5.32 Å². The molecule has 4 atom stereocenters. The van der Waals surface area contributed by atoms with Crippen LogP contribution in [0.3, 0.4) is 0 Å². The van der Waals surface area contributed by atoms with Crippen molar-refractivity contribution in [2.24, 2.45) is 5.92 Å². The molecular weight excluding hydrogens is 434 g/mol. The molecule has 6 heteroatoms. The highest BCUT2D eigenvalue weighted by Gasteiger charge is 2.31. The number of hydrogen-bond acceptors (Lipinski definition) is 4. The van der Waals surface area contributed by atoms with Crippen LogP contribution in [-0.2, 0) is 6.42 Å². The second kappa shape index (κ2) is 11.4. The van der Waals surface area contributed by atoms with Gasteiger partial charge in [-0.25, -0.2) is 8.78 Å². The minimum Gasteiger partial charge on any atom is -0.392 e. The lowest BCUT2D eigenvalue weighted by molar-refractivity contribution is 0.0686. The van der Waals surface area contributed by atoms with E-state index in [4.69, 9.17) is 5.11 Å². The lowest BCUT2D eigenvalue weighted by Crippen LogP contribution is -2.36. The van der Waals surface area contributed by atoms with Gasteiger partial charge in [-0.2, -0.15) is 0 Å². The minimum absolute atomic E-state index is 0.0893. The average molecular weight is 469 g/mol. The van der Waals surface area contributed by atoms with Crippen LogP contribution in [0.15, 0.2) is 66.0 Å². The summed E-state index contributed by atoms with van der Waals surface area (Å²) in [5.41, 5.74) is 6.57. The predicted molar refractivity (Wildman–Crippen MR) is 132 cm³/mol. The van der Waals surface area contributed by atoms with E-state index < -0.39 is 12.4 Å². The fourth-order valence-electron chi connectivity index (χ4n) is 5.27. The van der Waals surface area contributed by atoms with E-state index in [1.54, 1.807) is 12.2 Å². The van der Waals surface area contributed by atoms with Crippen LogP contribution in [0.25, 0.3) is 11.1 Å². The topological polar surface area (TPSA) is 64.5 Å². The van der Waals surface area contributed by atoms with Gasteiger partial charge in [-0.05, 0) is 77.8 Å². The Labute approximate surface area is 200 Å². The normalized spacial score (nSPS) is 23.9. The second-order valence-electron chi connectivity index (χ2n) is 9.31. The summed E-state index contributed by atoms with van der Waals surface area (Å²) in [5, 5.41) is 24.9. The van der Waals surface area contributed by atoms with E-state index in [-0.39, 0.29) is 30.7 Å². The highest BCUT2D eigenvalue weighted by Crippen LogP contribution is 2.40. The largest absolute Gasteiger partial charge is 0.392 e.